The van der Waals surface area contributed by atoms with Crippen LogP contribution in [0.25, 0.3) is 10.8 Å². The van der Waals surface area contributed by atoms with Crippen molar-refractivity contribution in [3.05, 3.63) is 106 Å². The number of hydrogen-bond donors (Lipinski definition) is 1. The van der Waals surface area contributed by atoms with E-state index in [1.165, 1.54) is 0 Å². The predicted molar refractivity (Wildman–Crippen MR) is 133 cm³/mol. The standard InChI is InChI=1S/C26H20Cl2N2O3/c1-32-25-13-17(7-11-24(25)33-16-18-6-10-22(27)23(28)12-18)15-29-30-26(31)21-9-8-19-4-2-3-5-20(19)14-21/h2-15H,16H2,1H3,(H,30,31)/b29-15-. The number of hydrazone groups is 1. The van der Waals surface area contributed by atoms with E-state index in [-0.39, 0.29) is 5.91 Å². The van der Waals surface area contributed by atoms with Crippen LogP contribution in [-0.2, 0) is 6.61 Å². The second kappa shape index (κ2) is 10.4. The Kier molecular flexibility index (Phi) is 7.13. The van der Waals surface area contributed by atoms with Crippen LogP contribution in [0.4, 0.5) is 0 Å². The molecule has 4 rings (SSSR count). The van der Waals surface area contributed by atoms with Gasteiger partial charge in [0.05, 0.1) is 23.4 Å². The molecule has 0 aliphatic heterocycles. The molecule has 0 aliphatic carbocycles. The molecule has 166 valence electrons. The molecule has 0 atom stereocenters. The Bertz CT molecular complexity index is 1340. The predicted octanol–water partition coefficient (Wildman–Crippen LogP) is 6.50. The lowest BCUT2D eigenvalue weighted by Crippen LogP contribution is -2.17. The van der Waals surface area contributed by atoms with E-state index in [1.807, 2.05) is 48.5 Å². The van der Waals surface area contributed by atoms with Gasteiger partial charge < -0.3 is 9.47 Å². The summed E-state index contributed by atoms with van der Waals surface area (Å²) < 4.78 is 11.3. The van der Waals surface area contributed by atoms with Crippen molar-refractivity contribution < 1.29 is 14.3 Å². The molecular formula is C26H20Cl2N2O3. The molecule has 0 spiro atoms. The highest BCUT2D eigenvalue weighted by atomic mass is 35.5. The number of hydrogen-bond acceptors (Lipinski definition) is 4. The van der Waals surface area contributed by atoms with Crippen molar-refractivity contribution in [1.82, 2.24) is 5.43 Å². The molecule has 0 heterocycles. The van der Waals surface area contributed by atoms with E-state index in [2.05, 4.69) is 10.5 Å². The summed E-state index contributed by atoms with van der Waals surface area (Å²) in [6, 6.07) is 24.1. The van der Waals surface area contributed by atoms with Crippen molar-refractivity contribution in [1.29, 1.82) is 0 Å². The molecule has 0 radical (unpaired) electrons. The van der Waals surface area contributed by atoms with Gasteiger partial charge in [0.1, 0.15) is 6.61 Å². The maximum atomic E-state index is 12.4. The molecule has 7 heteroatoms. The van der Waals surface area contributed by atoms with Gasteiger partial charge in [-0.3, -0.25) is 4.79 Å². The zero-order chi connectivity index (χ0) is 23.2. The fraction of sp³-hybridized carbons (Fsp3) is 0.0769. The van der Waals surface area contributed by atoms with Gasteiger partial charge in [-0.2, -0.15) is 5.10 Å². The molecule has 33 heavy (non-hydrogen) atoms. The lowest BCUT2D eigenvalue weighted by molar-refractivity contribution is 0.0955. The summed E-state index contributed by atoms with van der Waals surface area (Å²) in [5.41, 5.74) is 4.72. The van der Waals surface area contributed by atoms with E-state index in [9.17, 15) is 4.79 Å². The molecule has 0 saturated carbocycles. The second-order valence-electron chi connectivity index (χ2n) is 7.21. The third-order valence-electron chi connectivity index (χ3n) is 4.96. The average molecular weight is 479 g/mol. The molecule has 0 unspecified atom stereocenters. The molecule has 0 aromatic heterocycles. The summed E-state index contributed by atoms with van der Waals surface area (Å²) in [5, 5.41) is 7.11. The van der Waals surface area contributed by atoms with Crippen molar-refractivity contribution in [3.8, 4) is 11.5 Å². The first-order chi connectivity index (χ1) is 16.0. The van der Waals surface area contributed by atoms with Gasteiger partial charge in [0.25, 0.3) is 5.91 Å². The number of nitrogens with one attached hydrogen (secondary N) is 1. The zero-order valence-corrected chi connectivity index (χ0v) is 19.2. The van der Waals surface area contributed by atoms with Crippen molar-refractivity contribution >= 4 is 46.1 Å². The smallest absolute Gasteiger partial charge is 0.271 e. The second-order valence-corrected chi connectivity index (χ2v) is 8.02. The van der Waals surface area contributed by atoms with E-state index in [0.29, 0.717) is 33.7 Å². The van der Waals surface area contributed by atoms with Gasteiger partial charge in [0, 0.05) is 5.56 Å². The van der Waals surface area contributed by atoms with Gasteiger partial charge in [-0.25, -0.2) is 5.43 Å². The molecule has 1 amide bonds. The van der Waals surface area contributed by atoms with Gasteiger partial charge in [-0.15, -0.1) is 0 Å². The number of benzene rings is 4. The molecule has 0 fully saturated rings. The van der Waals surface area contributed by atoms with E-state index >= 15 is 0 Å². The van der Waals surface area contributed by atoms with Crippen LogP contribution in [0.2, 0.25) is 10.0 Å². The number of rotatable bonds is 7. The van der Waals surface area contributed by atoms with Gasteiger partial charge in [-0.1, -0.05) is 59.6 Å². The highest BCUT2D eigenvalue weighted by Crippen LogP contribution is 2.29. The molecule has 4 aromatic carbocycles. The van der Waals surface area contributed by atoms with Crippen LogP contribution in [0.1, 0.15) is 21.5 Å². The molecule has 1 N–H and O–H groups in total. The molecule has 0 bridgehead atoms. The van der Waals surface area contributed by atoms with Gasteiger partial charge in [-0.05, 0) is 64.4 Å². The summed E-state index contributed by atoms with van der Waals surface area (Å²) in [6.45, 7) is 0.308. The van der Waals surface area contributed by atoms with Crippen molar-refractivity contribution in [2.75, 3.05) is 7.11 Å². The largest absolute Gasteiger partial charge is 0.493 e. The van der Waals surface area contributed by atoms with Crippen LogP contribution in [0.3, 0.4) is 0 Å². The SMILES string of the molecule is COc1cc(/C=N\NC(=O)c2ccc3ccccc3c2)ccc1OCc1ccc(Cl)c(Cl)c1. The minimum Gasteiger partial charge on any atom is -0.493 e. The molecule has 0 aliphatic rings. The Balaban J connectivity index is 1.40. The normalized spacial score (nSPS) is 11.0. The zero-order valence-electron chi connectivity index (χ0n) is 17.7. The highest BCUT2D eigenvalue weighted by molar-refractivity contribution is 6.42. The van der Waals surface area contributed by atoms with Crippen molar-refractivity contribution in [2.24, 2.45) is 5.10 Å². The number of halogens is 2. The van der Waals surface area contributed by atoms with Gasteiger partial charge in [0.15, 0.2) is 11.5 Å². The van der Waals surface area contributed by atoms with Crippen LogP contribution in [-0.4, -0.2) is 19.2 Å². The van der Waals surface area contributed by atoms with Crippen molar-refractivity contribution in [3.63, 3.8) is 0 Å². The molecule has 5 nitrogen and oxygen atoms in total. The quantitative estimate of drug-likeness (QED) is 0.243. The van der Waals surface area contributed by atoms with Crippen LogP contribution in [0.15, 0.2) is 84.0 Å². The number of ether oxygens (including phenoxy) is 2. The number of carbonyl (C=O) groups excluding carboxylic acids is 1. The minimum absolute atomic E-state index is 0.287. The van der Waals surface area contributed by atoms with Gasteiger partial charge >= 0.3 is 0 Å². The number of methoxy groups -OCH3 is 1. The molecular weight excluding hydrogens is 459 g/mol. The van der Waals surface area contributed by atoms with E-state index in [1.54, 1.807) is 43.7 Å². The lowest BCUT2D eigenvalue weighted by Gasteiger charge is -2.11. The fourth-order valence-corrected chi connectivity index (χ4v) is 3.56. The summed E-state index contributed by atoms with van der Waals surface area (Å²) >= 11 is 12.0. The first-order valence-corrected chi connectivity index (χ1v) is 10.9. The van der Waals surface area contributed by atoms with E-state index in [0.717, 1.165) is 21.9 Å². The number of carbonyl (C=O) groups is 1. The maximum Gasteiger partial charge on any atom is 0.271 e. The number of nitrogens with zero attached hydrogens (tertiary/aromatic N) is 1. The summed E-state index contributed by atoms with van der Waals surface area (Å²) in [7, 11) is 1.56. The first kappa shape index (κ1) is 22.6. The summed E-state index contributed by atoms with van der Waals surface area (Å²) in [5.74, 6) is 0.825. The lowest BCUT2D eigenvalue weighted by atomic mass is 10.1. The third-order valence-corrected chi connectivity index (χ3v) is 5.70. The Morgan fingerprint density at radius 1 is 0.909 bits per heavy atom. The first-order valence-electron chi connectivity index (χ1n) is 10.1. The third kappa shape index (κ3) is 5.64. The van der Waals surface area contributed by atoms with Crippen LogP contribution >= 0.6 is 23.2 Å². The van der Waals surface area contributed by atoms with Crippen LogP contribution < -0.4 is 14.9 Å². The Morgan fingerprint density at radius 3 is 2.52 bits per heavy atom. The van der Waals surface area contributed by atoms with Crippen LogP contribution in [0.5, 0.6) is 11.5 Å². The van der Waals surface area contributed by atoms with Crippen LogP contribution in [0, 0.1) is 0 Å². The average Bonchev–Trinajstić information content (AvgIpc) is 2.84. The topological polar surface area (TPSA) is 59.9 Å². The molecule has 0 saturated heterocycles. The molecule has 4 aromatic rings. The number of amides is 1. The Hall–Kier alpha value is -3.54. The van der Waals surface area contributed by atoms with Gasteiger partial charge in [0.2, 0.25) is 0 Å². The monoisotopic (exact) mass is 478 g/mol. The minimum atomic E-state index is -0.287. The van der Waals surface area contributed by atoms with E-state index < -0.39 is 0 Å². The number of fused-ring (bicyclic) bond motifs is 1. The Morgan fingerprint density at radius 2 is 1.73 bits per heavy atom. The maximum absolute atomic E-state index is 12.4. The summed E-state index contributed by atoms with van der Waals surface area (Å²) in [4.78, 5) is 12.4. The summed E-state index contributed by atoms with van der Waals surface area (Å²) in [6.07, 6.45) is 1.55. The Labute approximate surface area is 201 Å². The van der Waals surface area contributed by atoms with Crippen molar-refractivity contribution in [2.45, 2.75) is 6.61 Å². The fourth-order valence-electron chi connectivity index (χ4n) is 3.23. The highest BCUT2D eigenvalue weighted by Gasteiger charge is 2.08. The van der Waals surface area contributed by atoms with E-state index in [4.69, 9.17) is 32.7 Å².